The molecule has 3 atom stereocenters. The summed E-state index contributed by atoms with van der Waals surface area (Å²) in [6.45, 7) is 5.69. The number of benzene rings is 1. The molecule has 8 heteroatoms. The first-order valence-corrected chi connectivity index (χ1v) is 9.85. The summed E-state index contributed by atoms with van der Waals surface area (Å²) in [4.78, 5) is 27.3. The third-order valence-electron chi connectivity index (χ3n) is 5.54. The molecule has 1 aromatic rings. The van der Waals surface area contributed by atoms with Gasteiger partial charge >= 0.3 is 6.09 Å². The van der Waals surface area contributed by atoms with Crippen LogP contribution in [0.1, 0.15) is 39.2 Å². The largest absolute Gasteiger partial charge is 0.444 e. The minimum absolute atomic E-state index is 0.00415. The van der Waals surface area contributed by atoms with E-state index in [2.05, 4.69) is 5.32 Å². The Balaban J connectivity index is 1.54. The van der Waals surface area contributed by atoms with Crippen LogP contribution in [0.4, 0.5) is 9.18 Å². The average molecular weight is 411 g/mol. The fraction of sp³-hybridized carbons (Fsp3) is 0.600. The molecule has 2 heterocycles. The molecule has 2 aliphatic heterocycles. The molecule has 2 saturated heterocycles. The van der Waals surface area contributed by atoms with Crippen LogP contribution < -0.4 is 5.32 Å². The summed E-state index contributed by atoms with van der Waals surface area (Å²) in [7, 11) is 0. The molecule has 1 aromatic carbocycles. The zero-order chi connectivity index (χ0) is 20.3. The topological polar surface area (TPSA) is 67.9 Å². The summed E-state index contributed by atoms with van der Waals surface area (Å²) in [6, 6.07) is 4.12. The zero-order valence-electron chi connectivity index (χ0n) is 16.1. The normalized spacial score (nSPS) is 27.6. The maximum Gasteiger partial charge on any atom is 0.411 e. The quantitative estimate of drug-likeness (QED) is 0.830. The highest BCUT2D eigenvalue weighted by molar-refractivity contribution is 6.30. The van der Waals surface area contributed by atoms with Gasteiger partial charge in [0.15, 0.2) is 0 Å². The second kappa shape index (κ2) is 6.59. The number of piperidine rings is 1. The highest BCUT2D eigenvalue weighted by Crippen LogP contribution is 2.48. The van der Waals surface area contributed by atoms with Crippen molar-refractivity contribution in [2.75, 3.05) is 13.2 Å². The molecule has 0 bridgehead atoms. The molecule has 1 saturated carbocycles. The van der Waals surface area contributed by atoms with Crippen molar-refractivity contribution in [1.82, 2.24) is 10.2 Å². The number of fused-ring (bicyclic) bond motifs is 1. The molecule has 3 aliphatic rings. The van der Waals surface area contributed by atoms with Crippen LogP contribution in [0.2, 0.25) is 5.02 Å². The van der Waals surface area contributed by atoms with Gasteiger partial charge in [0, 0.05) is 11.6 Å². The Labute approximate surface area is 168 Å². The number of nitrogens with zero attached hydrogens (tertiary/aromatic N) is 1. The molecule has 28 heavy (non-hydrogen) atoms. The van der Waals surface area contributed by atoms with Crippen molar-refractivity contribution >= 4 is 23.6 Å². The molecule has 0 spiro atoms. The van der Waals surface area contributed by atoms with Crippen molar-refractivity contribution < 1.29 is 23.5 Å². The van der Waals surface area contributed by atoms with Crippen LogP contribution in [0.15, 0.2) is 18.2 Å². The third-order valence-corrected chi connectivity index (χ3v) is 5.83. The first-order chi connectivity index (χ1) is 13.1. The van der Waals surface area contributed by atoms with E-state index >= 15 is 0 Å². The van der Waals surface area contributed by atoms with Crippen LogP contribution >= 0.6 is 11.6 Å². The van der Waals surface area contributed by atoms with Crippen LogP contribution in [0.25, 0.3) is 0 Å². The Kier molecular flexibility index (Phi) is 4.58. The molecule has 1 N–H and O–H groups in total. The highest BCUT2D eigenvalue weighted by Gasteiger charge is 2.58. The molecule has 0 aromatic heterocycles. The van der Waals surface area contributed by atoms with Gasteiger partial charge in [-0.05, 0) is 45.6 Å². The summed E-state index contributed by atoms with van der Waals surface area (Å²) in [6.07, 6.45) is 0.996. The molecule has 0 radical (unpaired) electrons. The number of halogens is 2. The van der Waals surface area contributed by atoms with Gasteiger partial charge < -0.3 is 14.8 Å². The summed E-state index contributed by atoms with van der Waals surface area (Å²) in [5.74, 6) is -0.563. The summed E-state index contributed by atoms with van der Waals surface area (Å²) in [5, 5.41) is 2.93. The second-order valence-corrected chi connectivity index (χ2v) is 9.27. The standard InChI is InChI=1S/C20H24ClFN2O4/c1-19(2,3)28-18(26)24-14-7-11(14)8-15(24)17(25)23-20(9-27-10-20)12-5-4-6-13(21)16(12)22/h4-6,11,14-15H,7-10H2,1-3H3,(H,23,25)/t11-,14+,15-/m0/s1. The number of hydrogen-bond donors (Lipinski definition) is 1. The molecule has 4 rings (SSSR count). The lowest BCUT2D eigenvalue weighted by Gasteiger charge is -2.43. The fourth-order valence-electron chi connectivity index (χ4n) is 4.06. The van der Waals surface area contributed by atoms with E-state index in [0.717, 1.165) is 6.42 Å². The van der Waals surface area contributed by atoms with Gasteiger partial charge in [-0.25, -0.2) is 9.18 Å². The SMILES string of the molecule is CC(C)(C)OC(=O)N1[C@@H]2C[C@H]2C[C@H]1C(=O)NC1(c2cccc(Cl)c2F)COC1. The number of amides is 2. The van der Waals surface area contributed by atoms with E-state index in [-0.39, 0.29) is 30.2 Å². The van der Waals surface area contributed by atoms with Gasteiger partial charge in [-0.15, -0.1) is 0 Å². The fourth-order valence-corrected chi connectivity index (χ4v) is 4.24. The number of carbonyl (C=O) groups excluding carboxylic acids is 2. The molecule has 152 valence electrons. The highest BCUT2D eigenvalue weighted by atomic mass is 35.5. The molecule has 6 nitrogen and oxygen atoms in total. The van der Waals surface area contributed by atoms with Crippen molar-refractivity contribution in [2.45, 2.75) is 56.8 Å². The van der Waals surface area contributed by atoms with Crippen molar-refractivity contribution in [3.05, 3.63) is 34.6 Å². The predicted molar refractivity (Wildman–Crippen MR) is 100 cm³/mol. The van der Waals surface area contributed by atoms with Gasteiger partial charge in [-0.3, -0.25) is 9.69 Å². The summed E-state index contributed by atoms with van der Waals surface area (Å²) >= 11 is 5.92. The maximum absolute atomic E-state index is 14.6. The van der Waals surface area contributed by atoms with Gasteiger partial charge in [0.2, 0.25) is 5.91 Å². The first-order valence-electron chi connectivity index (χ1n) is 9.47. The van der Waals surface area contributed by atoms with Gasteiger partial charge in [0.25, 0.3) is 0 Å². The molecule has 2 amide bonds. The minimum atomic E-state index is -0.974. The van der Waals surface area contributed by atoms with Crippen molar-refractivity contribution in [3.8, 4) is 0 Å². The summed E-state index contributed by atoms with van der Waals surface area (Å²) in [5.41, 5.74) is -1.32. The number of likely N-dealkylation sites (tertiary alicyclic amines) is 1. The molecular formula is C20H24ClFN2O4. The van der Waals surface area contributed by atoms with Crippen LogP contribution in [-0.4, -0.2) is 47.8 Å². The third kappa shape index (κ3) is 3.35. The average Bonchev–Trinajstić information content (AvgIpc) is 3.21. The lowest BCUT2D eigenvalue weighted by atomic mass is 9.87. The number of rotatable bonds is 3. The van der Waals surface area contributed by atoms with E-state index in [4.69, 9.17) is 21.1 Å². The first kappa shape index (κ1) is 19.5. The summed E-state index contributed by atoms with van der Waals surface area (Å²) < 4.78 is 25.4. The van der Waals surface area contributed by atoms with E-state index in [0.29, 0.717) is 17.9 Å². The minimum Gasteiger partial charge on any atom is -0.444 e. The van der Waals surface area contributed by atoms with Crippen molar-refractivity contribution in [2.24, 2.45) is 5.92 Å². The number of hydrogen-bond acceptors (Lipinski definition) is 4. The monoisotopic (exact) mass is 410 g/mol. The Bertz CT molecular complexity index is 821. The van der Waals surface area contributed by atoms with Gasteiger partial charge in [0.05, 0.1) is 18.2 Å². The zero-order valence-corrected chi connectivity index (χ0v) is 16.9. The van der Waals surface area contributed by atoms with Crippen LogP contribution in [0.5, 0.6) is 0 Å². The smallest absolute Gasteiger partial charge is 0.411 e. The molecule has 1 aliphatic carbocycles. The molecule has 0 unspecified atom stereocenters. The van der Waals surface area contributed by atoms with E-state index in [1.54, 1.807) is 37.8 Å². The van der Waals surface area contributed by atoms with Crippen molar-refractivity contribution in [3.63, 3.8) is 0 Å². The lowest BCUT2D eigenvalue weighted by Crippen LogP contribution is -2.63. The molecular weight excluding hydrogens is 387 g/mol. The number of nitrogens with one attached hydrogen (secondary N) is 1. The number of carbonyl (C=O) groups is 2. The van der Waals surface area contributed by atoms with Gasteiger partial charge in [-0.1, -0.05) is 23.7 Å². The Morgan fingerprint density at radius 1 is 1.32 bits per heavy atom. The van der Waals surface area contributed by atoms with E-state index in [9.17, 15) is 14.0 Å². The Morgan fingerprint density at radius 2 is 2.04 bits per heavy atom. The van der Waals surface area contributed by atoms with Gasteiger partial charge in [0.1, 0.15) is 23.0 Å². The van der Waals surface area contributed by atoms with E-state index in [1.807, 2.05) is 0 Å². The van der Waals surface area contributed by atoms with Crippen LogP contribution in [0.3, 0.4) is 0 Å². The van der Waals surface area contributed by atoms with E-state index in [1.165, 1.54) is 6.07 Å². The maximum atomic E-state index is 14.6. The predicted octanol–water partition coefficient (Wildman–Crippen LogP) is 3.22. The van der Waals surface area contributed by atoms with Crippen LogP contribution in [-0.2, 0) is 19.8 Å². The second-order valence-electron chi connectivity index (χ2n) is 8.87. The van der Waals surface area contributed by atoms with Gasteiger partial charge in [-0.2, -0.15) is 0 Å². The Morgan fingerprint density at radius 3 is 2.64 bits per heavy atom. The molecule has 3 fully saturated rings. The van der Waals surface area contributed by atoms with Crippen LogP contribution in [0, 0.1) is 11.7 Å². The number of ether oxygens (including phenoxy) is 2. The van der Waals surface area contributed by atoms with Crippen molar-refractivity contribution in [1.29, 1.82) is 0 Å². The van der Waals surface area contributed by atoms with E-state index < -0.39 is 29.1 Å². The Hall–Kier alpha value is -1.86. The lowest BCUT2D eigenvalue weighted by molar-refractivity contribution is -0.138.